The fourth-order valence-electron chi connectivity index (χ4n) is 3.48. The molecule has 2 unspecified atom stereocenters. The molecule has 2 aromatic rings. The van der Waals surface area contributed by atoms with Crippen LogP contribution in [0.1, 0.15) is 46.9 Å². The third kappa shape index (κ3) is 4.39. The molecule has 1 aromatic carbocycles. The smallest absolute Gasteiger partial charge is 0.326 e. The second-order valence-corrected chi connectivity index (χ2v) is 8.73. The Morgan fingerprint density at radius 1 is 1.26 bits per heavy atom. The number of aryl methyl sites for hydroxylation is 1. The van der Waals surface area contributed by atoms with Crippen molar-refractivity contribution in [2.24, 2.45) is 0 Å². The van der Waals surface area contributed by atoms with E-state index in [1.165, 1.54) is 17.7 Å². The number of furan rings is 1. The van der Waals surface area contributed by atoms with Gasteiger partial charge in [-0.25, -0.2) is 13.2 Å². The lowest BCUT2D eigenvalue weighted by Crippen LogP contribution is -2.42. The van der Waals surface area contributed by atoms with Crippen molar-refractivity contribution in [3.8, 4) is 0 Å². The van der Waals surface area contributed by atoms with E-state index in [4.69, 9.17) is 4.42 Å². The van der Waals surface area contributed by atoms with E-state index < -0.39 is 27.8 Å². The van der Waals surface area contributed by atoms with Gasteiger partial charge in [0.15, 0.2) is 5.76 Å². The quantitative estimate of drug-likeness (QED) is 0.781. The number of amides is 1. The average molecular weight is 391 g/mol. The Hall–Kier alpha value is -2.61. The van der Waals surface area contributed by atoms with E-state index in [1.807, 2.05) is 24.3 Å². The number of hydrogen-bond donors (Lipinski definition) is 2. The Bertz CT molecular complexity index is 962. The van der Waals surface area contributed by atoms with Crippen LogP contribution in [0.3, 0.4) is 0 Å². The third-order valence-corrected chi connectivity index (χ3v) is 5.74. The molecule has 8 heteroatoms. The number of carbonyl (C=O) groups excluding carboxylic acids is 1. The highest BCUT2D eigenvalue weighted by Crippen LogP contribution is 2.34. The highest BCUT2D eigenvalue weighted by molar-refractivity contribution is 7.90. The van der Waals surface area contributed by atoms with Gasteiger partial charge in [-0.2, -0.15) is 0 Å². The summed E-state index contributed by atoms with van der Waals surface area (Å²) >= 11 is 0. The van der Waals surface area contributed by atoms with Crippen LogP contribution in [-0.2, 0) is 21.1 Å². The van der Waals surface area contributed by atoms with Crippen molar-refractivity contribution >= 4 is 21.7 Å². The van der Waals surface area contributed by atoms with Gasteiger partial charge in [0.25, 0.3) is 5.91 Å². The van der Waals surface area contributed by atoms with Crippen molar-refractivity contribution in [2.45, 2.75) is 42.7 Å². The van der Waals surface area contributed by atoms with Gasteiger partial charge in [-0.1, -0.05) is 24.3 Å². The number of carbonyl (C=O) groups is 2. The number of nitrogens with one attached hydrogen (secondary N) is 1. The molecule has 1 aromatic heterocycles. The molecule has 1 heterocycles. The summed E-state index contributed by atoms with van der Waals surface area (Å²) in [7, 11) is -3.58. The lowest BCUT2D eigenvalue weighted by molar-refractivity contribution is -0.139. The van der Waals surface area contributed by atoms with Crippen molar-refractivity contribution in [1.82, 2.24) is 5.32 Å². The van der Waals surface area contributed by atoms with Crippen molar-refractivity contribution in [2.75, 3.05) is 6.26 Å². The first-order valence-corrected chi connectivity index (χ1v) is 10.6. The normalized spacial score (nSPS) is 17.7. The van der Waals surface area contributed by atoms with E-state index in [0.29, 0.717) is 0 Å². The molecular weight excluding hydrogens is 370 g/mol. The fourth-order valence-corrected chi connectivity index (χ4v) is 4.03. The number of rotatable bonds is 6. The molecule has 1 amide bonds. The summed E-state index contributed by atoms with van der Waals surface area (Å²) in [5.74, 6) is -2.08. The van der Waals surface area contributed by atoms with Crippen LogP contribution in [0.5, 0.6) is 0 Å². The molecule has 2 N–H and O–H groups in total. The Morgan fingerprint density at radius 3 is 2.67 bits per heavy atom. The summed E-state index contributed by atoms with van der Waals surface area (Å²) in [6.45, 7) is 0. The van der Waals surface area contributed by atoms with Gasteiger partial charge < -0.3 is 14.8 Å². The molecule has 0 saturated carbocycles. The Morgan fingerprint density at radius 2 is 2.00 bits per heavy atom. The van der Waals surface area contributed by atoms with Gasteiger partial charge in [-0.15, -0.1) is 0 Å². The van der Waals surface area contributed by atoms with Crippen LogP contribution in [-0.4, -0.2) is 37.7 Å². The number of carboxylic acids is 1. The first kappa shape index (κ1) is 19.2. The maximum atomic E-state index is 12.3. The summed E-state index contributed by atoms with van der Waals surface area (Å²) in [5, 5.41) is 11.7. The van der Waals surface area contributed by atoms with Gasteiger partial charge in [-0.3, -0.25) is 4.79 Å². The van der Waals surface area contributed by atoms with Crippen LogP contribution in [0, 0.1) is 0 Å². The van der Waals surface area contributed by atoms with Gasteiger partial charge >= 0.3 is 5.97 Å². The summed E-state index contributed by atoms with van der Waals surface area (Å²) in [6, 6.07) is 9.25. The minimum absolute atomic E-state index is 0.0412. The molecule has 0 aliphatic heterocycles. The first-order valence-electron chi connectivity index (χ1n) is 8.67. The molecule has 0 fully saturated rings. The van der Waals surface area contributed by atoms with E-state index in [1.54, 1.807) is 0 Å². The number of benzene rings is 1. The SMILES string of the molecule is CS(=O)(=O)c1ccc(C(=O)NC(CC2CCCc3ccccc32)C(=O)O)o1. The van der Waals surface area contributed by atoms with Gasteiger partial charge in [0.05, 0.1) is 0 Å². The molecule has 27 heavy (non-hydrogen) atoms. The fraction of sp³-hybridized carbons (Fsp3) is 0.368. The lowest BCUT2D eigenvalue weighted by Gasteiger charge is -2.27. The van der Waals surface area contributed by atoms with E-state index in [2.05, 4.69) is 5.32 Å². The monoisotopic (exact) mass is 391 g/mol. The minimum Gasteiger partial charge on any atom is -0.480 e. The van der Waals surface area contributed by atoms with Crippen LogP contribution in [0.15, 0.2) is 45.9 Å². The largest absolute Gasteiger partial charge is 0.480 e. The lowest BCUT2D eigenvalue weighted by atomic mass is 9.79. The zero-order valence-corrected chi connectivity index (χ0v) is 15.7. The molecule has 0 bridgehead atoms. The van der Waals surface area contributed by atoms with Crippen molar-refractivity contribution in [3.05, 3.63) is 53.3 Å². The summed E-state index contributed by atoms with van der Waals surface area (Å²) < 4.78 is 28.0. The van der Waals surface area contributed by atoms with Crippen LogP contribution in [0.2, 0.25) is 0 Å². The van der Waals surface area contributed by atoms with Crippen LogP contribution >= 0.6 is 0 Å². The standard InChI is InChI=1S/C19H21NO6S/c1-27(24,25)17-10-9-16(26-17)18(21)20-15(19(22)23)11-13-7-4-6-12-5-2-3-8-14(12)13/h2-3,5,8-10,13,15H,4,6-7,11H2,1H3,(H,20,21)(H,22,23). The van der Waals surface area contributed by atoms with Gasteiger partial charge in [0.1, 0.15) is 6.04 Å². The second-order valence-electron chi connectivity index (χ2n) is 6.78. The molecule has 7 nitrogen and oxygen atoms in total. The van der Waals surface area contributed by atoms with E-state index >= 15 is 0 Å². The van der Waals surface area contributed by atoms with Gasteiger partial charge in [-0.05, 0) is 54.9 Å². The van der Waals surface area contributed by atoms with Crippen molar-refractivity contribution in [3.63, 3.8) is 0 Å². The van der Waals surface area contributed by atoms with Crippen molar-refractivity contribution < 1.29 is 27.5 Å². The summed E-state index contributed by atoms with van der Waals surface area (Å²) in [4.78, 5) is 24.0. The maximum absolute atomic E-state index is 12.3. The highest BCUT2D eigenvalue weighted by Gasteiger charge is 2.29. The summed E-state index contributed by atoms with van der Waals surface area (Å²) in [5.41, 5.74) is 2.34. The molecular formula is C19H21NO6S. The van der Waals surface area contributed by atoms with Crippen LogP contribution < -0.4 is 5.32 Å². The van der Waals surface area contributed by atoms with Crippen LogP contribution in [0.25, 0.3) is 0 Å². The topological polar surface area (TPSA) is 114 Å². The molecule has 3 rings (SSSR count). The molecule has 0 saturated heterocycles. The predicted octanol–water partition coefficient (Wildman–Crippen LogP) is 2.38. The van der Waals surface area contributed by atoms with Gasteiger partial charge in [0, 0.05) is 6.26 Å². The van der Waals surface area contributed by atoms with Crippen LogP contribution in [0.4, 0.5) is 0 Å². The number of aliphatic carboxylic acids is 1. The first-order chi connectivity index (χ1) is 12.8. The Labute approximate surface area is 157 Å². The molecule has 144 valence electrons. The number of hydrogen-bond acceptors (Lipinski definition) is 5. The predicted molar refractivity (Wildman–Crippen MR) is 97.4 cm³/mol. The number of carboxylic acid groups (broad SMARTS) is 1. The number of sulfone groups is 1. The minimum atomic E-state index is -3.58. The molecule has 0 radical (unpaired) electrons. The molecule has 0 spiro atoms. The maximum Gasteiger partial charge on any atom is 0.326 e. The zero-order chi connectivity index (χ0) is 19.6. The number of fused-ring (bicyclic) bond motifs is 1. The third-order valence-electron chi connectivity index (χ3n) is 4.79. The second kappa shape index (κ2) is 7.56. The van der Waals surface area contributed by atoms with Gasteiger partial charge in [0.2, 0.25) is 14.9 Å². The molecule has 1 aliphatic rings. The van der Waals surface area contributed by atoms with Crippen molar-refractivity contribution in [1.29, 1.82) is 0 Å². The Balaban J connectivity index is 1.74. The van der Waals surface area contributed by atoms with E-state index in [9.17, 15) is 23.1 Å². The molecule has 2 atom stereocenters. The zero-order valence-electron chi connectivity index (χ0n) is 14.8. The Kier molecular flexibility index (Phi) is 5.36. The summed E-state index contributed by atoms with van der Waals surface area (Å²) in [6.07, 6.45) is 4.02. The van der Waals surface area contributed by atoms with E-state index in [0.717, 1.165) is 31.1 Å². The molecule has 1 aliphatic carbocycles. The average Bonchev–Trinajstić information content (AvgIpc) is 3.12. The highest BCUT2D eigenvalue weighted by atomic mass is 32.2. The van der Waals surface area contributed by atoms with E-state index in [-0.39, 0.29) is 23.2 Å².